The summed E-state index contributed by atoms with van der Waals surface area (Å²) in [6, 6.07) is 0. The molecule has 0 bridgehead atoms. The molecule has 0 unspecified atom stereocenters. The SMILES string of the molecule is CCN1CC2(CCN(C(=O)Cc3cnccn3)CC2)CC1=O. The van der Waals surface area contributed by atoms with Gasteiger partial charge in [-0.15, -0.1) is 0 Å². The molecular weight excluding hydrogens is 280 g/mol. The van der Waals surface area contributed by atoms with Crippen molar-refractivity contribution in [2.75, 3.05) is 26.2 Å². The van der Waals surface area contributed by atoms with Crippen LogP contribution < -0.4 is 0 Å². The highest BCUT2D eigenvalue weighted by molar-refractivity contribution is 5.80. The summed E-state index contributed by atoms with van der Waals surface area (Å²) in [4.78, 5) is 36.3. The van der Waals surface area contributed by atoms with Crippen LogP contribution in [0.2, 0.25) is 0 Å². The Hall–Kier alpha value is -1.98. The van der Waals surface area contributed by atoms with Crippen LogP contribution >= 0.6 is 0 Å². The number of hydrogen-bond donors (Lipinski definition) is 0. The normalized spacial score (nSPS) is 20.7. The van der Waals surface area contributed by atoms with Gasteiger partial charge in [-0.3, -0.25) is 19.6 Å². The number of hydrogen-bond acceptors (Lipinski definition) is 4. The molecule has 0 N–H and O–H groups in total. The minimum atomic E-state index is 0.0937. The van der Waals surface area contributed by atoms with Crippen molar-refractivity contribution in [2.24, 2.45) is 5.41 Å². The molecule has 1 spiro atoms. The molecule has 0 aliphatic carbocycles. The first kappa shape index (κ1) is 14.9. The summed E-state index contributed by atoms with van der Waals surface area (Å²) in [5.41, 5.74) is 0.803. The largest absolute Gasteiger partial charge is 0.342 e. The van der Waals surface area contributed by atoms with Crippen LogP contribution in [-0.2, 0) is 16.0 Å². The highest BCUT2D eigenvalue weighted by Gasteiger charge is 2.44. The van der Waals surface area contributed by atoms with Crippen molar-refractivity contribution < 1.29 is 9.59 Å². The third-order valence-electron chi connectivity index (χ3n) is 4.91. The Balaban J connectivity index is 1.56. The number of rotatable bonds is 3. The van der Waals surface area contributed by atoms with Crippen LogP contribution in [0, 0.1) is 5.41 Å². The fourth-order valence-electron chi connectivity index (χ4n) is 3.52. The van der Waals surface area contributed by atoms with Gasteiger partial charge in [0.05, 0.1) is 12.1 Å². The van der Waals surface area contributed by atoms with Crippen LogP contribution in [0.25, 0.3) is 0 Å². The summed E-state index contributed by atoms with van der Waals surface area (Å²) in [6.07, 6.45) is 7.64. The third kappa shape index (κ3) is 2.96. The van der Waals surface area contributed by atoms with Gasteiger partial charge in [0, 0.05) is 56.6 Å². The van der Waals surface area contributed by atoms with E-state index in [4.69, 9.17) is 0 Å². The maximum atomic E-state index is 12.3. The van der Waals surface area contributed by atoms with Gasteiger partial charge in [0.2, 0.25) is 11.8 Å². The van der Waals surface area contributed by atoms with Gasteiger partial charge in [0.15, 0.2) is 0 Å². The predicted molar refractivity (Wildman–Crippen MR) is 80.9 cm³/mol. The number of aromatic nitrogens is 2. The molecule has 3 heterocycles. The van der Waals surface area contributed by atoms with Crippen molar-refractivity contribution in [1.82, 2.24) is 19.8 Å². The Labute approximate surface area is 130 Å². The molecule has 2 amide bonds. The molecule has 1 aromatic rings. The first-order valence-corrected chi connectivity index (χ1v) is 7.92. The van der Waals surface area contributed by atoms with E-state index < -0.39 is 0 Å². The lowest BCUT2D eigenvalue weighted by Crippen LogP contribution is -2.44. The molecule has 0 saturated carbocycles. The molecule has 2 saturated heterocycles. The quantitative estimate of drug-likeness (QED) is 0.831. The highest BCUT2D eigenvalue weighted by Crippen LogP contribution is 2.40. The molecular formula is C16H22N4O2. The van der Waals surface area contributed by atoms with Crippen molar-refractivity contribution >= 4 is 11.8 Å². The lowest BCUT2D eigenvalue weighted by Gasteiger charge is -2.38. The van der Waals surface area contributed by atoms with Gasteiger partial charge in [-0.1, -0.05) is 0 Å². The van der Waals surface area contributed by atoms with E-state index in [0.717, 1.165) is 39.0 Å². The molecule has 22 heavy (non-hydrogen) atoms. The number of amides is 2. The first-order chi connectivity index (χ1) is 10.6. The average molecular weight is 302 g/mol. The van der Waals surface area contributed by atoms with E-state index in [0.29, 0.717) is 18.5 Å². The zero-order chi connectivity index (χ0) is 15.6. The number of piperidine rings is 1. The molecule has 1 aromatic heterocycles. The van der Waals surface area contributed by atoms with E-state index in [2.05, 4.69) is 9.97 Å². The van der Waals surface area contributed by atoms with Crippen molar-refractivity contribution in [1.29, 1.82) is 0 Å². The minimum absolute atomic E-state index is 0.0937. The molecule has 0 atom stereocenters. The van der Waals surface area contributed by atoms with Crippen LogP contribution in [0.15, 0.2) is 18.6 Å². The van der Waals surface area contributed by atoms with Crippen LogP contribution in [0.4, 0.5) is 0 Å². The fourth-order valence-corrected chi connectivity index (χ4v) is 3.52. The Bertz CT molecular complexity index is 553. The maximum absolute atomic E-state index is 12.3. The standard InChI is InChI=1S/C16H22N4O2/c1-2-19-12-16(10-15(19)22)3-7-20(8-4-16)14(21)9-13-11-17-5-6-18-13/h5-6,11H,2-4,7-10,12H2,1H3. The molecule has 0 radical (unpaired) electrons. The molecule has 6 heteroatoms. The monoisotopic (exact) mass is 302 g/mol. The zero-order valence-corrected chi connectivity index (χ0v) is 13.0. The number of likely N-dealkylation sites (tertiary alicyclic amines) is 2. The molecule has 2 aliphatic heterocycles. The maximum Gasteiger partial charge on any atom is 0.228 e. The van der Waals surface area contributed by atoms with E-state index in [1.165, 1.54) is 0 Å². The van der Waals surface area contributed by atoms with Crippen LogP contribution in [0.1, 0.15) is 31.9 Å². The molecule has 2 aliphatic rings. The van der Waals surface area contributed by atoms with Gasteiger partial charge >= 0.3 is 0 Å². The molecule has 6 nitrogen and oxygen atoms in total. The van der Waals surface area contributed by atoms with Gasteiger partial charge in [-0.25, -0.2) is 0 Å². The Kier molecular flexibility index (Phi) is 4.09. The van der Waals surface area contributed by atoms with E-state index in [1.807, 2.05) is 16.7 Å². The topological polar surface area (TPSA) is 66.4 Å². The van der Waals surface area contributed by atoms with E-state index in [-0.39, 0.29) is 17.2 Å². The van der Waals surface area contributed by atoms with Crippen LogP contribution in [0.5, 0.6) is 0 Å². The van der Waals surface area contributed by atoms with Gasteiger partial charge in [0.25, 0.3) is 0 Å². The summed E-state index contributed by atoms with van der Waals surface area (Å²) in [7, 11) is 0. The Morgan fingerprint density at radius 2 is 2.09 bits per heavy atom. The van der Waals surface area contributed by atoms with Crippen molar-refractivity contribution in [3.8, 4) is 0 Å². The molecule has 2 fully saturated rings. The minimum Gasteiger partial charge on any atom is -0.342 e. The molecule has 0 aromatic carbocycles. The smallest absolute Gasteiger partial charge is 0.228 e. The van der Waals surface area contributed by atoms with Crippen LogP contribution in [-0.4, -0.2) is 57.8 Å². The number of carbonyl (C=O) groups is 2. The Morgan fingerprint density at radius 3 is 2.68 bits per heavy atom. The van der Waals surface area contributed by atoms with E-state index in [9.17, 15) is 9.59 Å². The number of nitrogens with zero attached hydrogens (tertiary/aromatic N) is 4. The van der Waals surface area contributed by atoms with Gasteiger partial charge in [0.1, 0.15) is 0 Å². The molecule has 118 valence electrons. The number of carbonyl (C=O) groups excluding carboxylic acids is 2. The second-order valence-corrected chi connectivity index (χ2v) is 6.34. The summed E-state index contributed by atoms with van der Waals surface area (Å²) in [5, 5.41) is 0. The highest BCUT2D eigenvalue weighted by atomic mass is 16.2. The zero-order valence-electron chi connectivity index (χ0n) is 13.0. The van der Waals surface area contributed by atoms with E-state index >= 15 is 0 Å². The summed E-state index contributed by atoms with van der Waals surface area (Å²) in [6.45, 7) is 5.15. The summed E-state index contributed by atoms with van der Waals surface area (Å²) < 4.78 is 0. The summed E-state index contributed by atoms with van der Waals surface area (Å²) in [5.74, 6) is 0.369. The summed E-state index contributed by atoms with van der Waals surface area (Å²) >= 11 is 0. The lowest BCUT2D eigenvalue weighted by molar-refractivity contribution is -0.132. The fraction of sp³-hybridized carbons (Fsp3) is 0.625. The predicted octanol–water partition coefficient (Wildman–Crippen LogP) is 0.880. The van der Waals surface area contributed by atoms with Crippen molar-refractivity contribution in [3.63, 3.8) is 0 Å². The Morgan fingerprint density at radius 1 is 1.32 bits per heavy atom. The van der Waals surface area contributed by atoms with Gasteiger partial charge in [-0.05, 0) is 19.8 Å². The van der Waals surface area contributed by atoms with Crippen molar-refractivity contribution in [3.05, 3.63) is 24.3 Å². The van der Waals surface area contributed by atoms with E-state index in [1.54, 1.807) is 18.6 Å². The van der Waals surface area contributed by atoms with Crippen molar-refractivity contribution in [2.45, 2.75) is 32.6 Å². The van der Waals surface area contributed by atoms with Gasteiger partial charge in [-0.2, -0.15) is 0 Å². The average Bonchev–Trinajstić information content (AvgIpc) is 2.84. The third-order valence-corrected chi connectivity index (χ3v) is 4.91. The van der Waals surface area contributed by atoms with Gasteiger partial charge < -0.3 is 9.80 Å². The second kappa shape index (κ2) is 6.02. The second-order valence-electron chi connectivity index (χ2n) is 6.34. The van der Waals surface area contributed by atoms with Crippen LogP contribution in [0.3, 0.4) is 0 Å². The first-order valence-electron chi connectivity index (χ1n) is 7.92. The molecule has 3 rings (SSSR count). The lowest BCUT2D eigenvalue weighted by atomic mass is 9.77.